The van der Waals surface area contributed by atoms with Crippen LogP contribution in [0.1, 0.15) is 22.3 Å². The van der Waals surface area contributed by atoms with E-state index in [1.807, 2.05) is 12.1 Å². The molecule has 0 aliphatic rings. The van der Waals surface area contributed by atoms with E-state index in [2.05, 4.69) is 45.0 Å². The van der Waals surface area contributed by atoms with E-state index < -0.39 is 5.91 Å². The van der Waals surface area contributed by atoms with Crippen molar-refractivity contribution >= 4 is 12.0 Å². The van der Waals surface area contributed by atoms with Gasteiger partial charge in [-0.05, 0) is 54.7 Å². The molecule has 0 bridgehead atoms. The van der Waals surface area contributed by atoms with Gasteiger partial charge in [0, 0.05) is 13.1 Å². The molecular formula is C19H21NO2. The molecule has 1 amide bonds. The summed E-state index contributed by atoms with van der Waals surface area (Å²) in [5, 5.41) is 9.57. The van der Waals surface area contributed by atoms with Crippen LogP contribution in [0, 0.1) is 20.8 Å². The van der Waals surface area contributed by atoms with E-state index in [9.17, 15) is 4.79 Å². The summed E-state index contributed by atoms with van der Waals surface area (Å²) in [6, 6.07) is 12.4. The van der Waals surface area contributed by atoms with Gasteiger partial charge in [-0.15, -0.1) is 0 Å². The summed E-state index contributed by atoms with van der Waals surface area (Å²) in [6.07, 6.45) is 3.03. The maximum absolute atomic E-state index is 11.3. The van der Waals surface area contributed by atoms with E-state index in [1.54, 1.807) is 6.08 Å². The van der Waals surface area contributed by atoms with Gasteiger partial charge in [-0.25, -0.2) is 5.06 Å². The number of benzene rings is 2. The highest BCUT2D eigenvalue weighted by Gasteiger charge is 2.06. The molecular weight excluding hydrogens is 274 g/mol. The number of aryl methyl sites for hydroxylation is 3. The van der Waals surface area contributed by atoms with E-state index in [-0.39, 0.29) is 0 Å². The normalized spacial score (nSPS) is 11.0. The molecule has 3 nitrogen and oxygen atoms in total. The van der Waals surface area contributed by atoms with Crippen LogP contribution in [0.5, 0.6) is 0 Å². The lowest BCUT2D eigenvalue weighted by Crippen LogP contribution is -2.19. The Hall–Kier alpha value is -2.39. The quantitative estimate of drug-likeness (QED) is 0.525. The first-order chi connectivity index (χ1) is 10.4. The van der Waals surface area contributed by atoms with Crippen LogP contribution in [-0.2, 0) is 4.79 Å². The topological polar surface area (TPSA) is 40.5 Å². The van der Waals surface area contributed by atoms with Gasteiger partial charge in [-0.3, -0.25) is 10.0 Å². The highest BCUT2D eigenvalue weighted by Crippen LogP contribution is 2.28. The summed E-state index contributed by atoms with van der Waals surface area (Å²) in [4.78, 5) is 11.3. The standard InChI is InChI=1S/C19H21NO2/c1-13-11-14(2)19(15(3)12-13)17-8-5-16(6-9-17)7-10-18(21)20(4)22/h5-12,22H,1-4H3/b10-7+. The van der Waals surface area contributed by atoms with Gasteiger partial charge < -0.3 is 0 Å². The number of rotatable bonds is 3. The van der Waals surface area contributed by atoms with E-state index in [0.29, 0.717) is 5.06 Å². The first kappa shape index (κ1) is 16.0. The van der Waals surface area contributed by atoms with Gasteiger partial charge in [0.15, 0.2) is 0 Å². The summed E-state index contributed by atoms with van der Waals surface area (Å²) < 4.78 is 0. The van der Waals surface area contributed by atoms with Crippen molar-refractivity contribution in [2.75, 3.05) is 7.05 Å². The number of carbonyl (C=O) groups is 1. The van der Waals surface area contributed by atoms with Gasteiger partial charge in [0.05, 0.1) is 0 Å². The van der Waals surface area contributed by atoms with Crippen molar-refractivity contribution in [1.82, 2.24) is 5.06 Å². The fourth-order valence-electron chi connectivity index (χ4n) is 2.67. The molecule has 22 heavy (non-hydrogen) atoms. The molecule has 3 heteroatoms. The Morgan fingerprint density at radius 3 is 2.09 bits per heavy atom. The predicted octanol–water partition coefficient (Wildman–Crippen LogP) is 4.14. The van der Waals surface area contributed by atoms with Gasteiger partial charge in [0.2, 0.25) is 0 Å². The number of hydroxylamine groups is 2. The SMILES string of the molecule is Cc1cc(C)c(-c2ccc(/C=C/C(=O)N(C)O)cc2)c(C)c1. The lowest BCUT2D eigenvalue weighted by molar-refractivity contribution is -0.153. The van der Waals surface area contributed by atoms with Crippen molar-refractivity contribution in [3.05, 3.63) is 64.7 Å². The minimum absolute atomic E-state index is 0.450. The van der Waals surface area contributed by atoms with Crippen LogP contribution in [0.3, 0.4) is 0 Å². The summed E-state index contributed by atoms with van der Waals surface area (Å²) in [7, 11) is 1.30. The summed E-state index contributed by atoms with van der Waals surface area (Å²) in [6.45, 7) is 6.35. The molecule has 1 N–H and O–H groups in total. The molecule has 0 saturated carbocycles. The molecule has 0 fully saturated rings. The predicted molar refractivity (Wildman–Crippen MR) is 89.7 cm³/mol. The van der Waals surface area contributed by atoms with Crippen LogP contribution in [0.4, 0.5) is 0 Å². The van der Waals surface area contributed by atoms with E-state index in [0.717, 1.165) is 11.1 Å². The lowest BCUT2D eigenvalue weighted by Gasteiger charge is -2.12. The summed E-state index contributed by atoms with van der Waals surface area (Å²) in [5.41, 5.74) is 7.13. The Bertz CT molecular complexity index is 690. The second-order valence-electron chi connectivity index (χ2n) is 5.59. The zero-order valence-corrected chi connectivity index (χ0v) is 13.4. The largest absolute Gasteiger partial charge is 0.286 e. The average Bonchev–Trinajstić information content (AvgIpc) is 2.44. The number of amides is 1. The lowest BCUT2D eigenvalue weighted by atomic mass is 9.93. The van der Waals surface area contributed by atoms with Crippen molar-refractivity contribution in [3.63, 3.8) is 0 Å². The fourth-order valence-corrected chi connectivity index (χ4v) is 2.67. The molecule has 0 aromatic heterocycles. The molecule has 0 aliphatic heterocycles. The highest BCUT2D eigenvalue weighted by atomic mass is 16.5. The molecule has 114 valence electrons. The fraction of sp³-hybridized carbons (Fsp3) is 0.211. The highest BCUT2D eigenvalue weighted by molar-refractivity contribution is 5.90. The Labute approximate surface area is 131 Å². The van der Waals surface area contributed by atoms with E-state index in [4.69, 9.17) is 5.21 Å². The number of nitrogens with zero attached hydrogens (tertiary/aromatic N) is 1. The average molecular weight is 295 g/mol. The molecule has 0 aliphatic carbocycles. The van der Waals surface area contributed by atoms with Crippen molar-refractivity contribution in [1.29, 1.82) is 0 Å². The van der Waals surface area contributed by atoms with Crippen LogP contribution in [0.25, 0.3) is 17.2 Å². The number of hydrogen-bond acceptors (Lipinski definition) is 2. The molecule has 0 spiro atoms. The molecule has 0 atom stereocenters. The zero-order chi connectivity index (χ0) is 16.3. The maximum Gasteiger partial charge on any atom is 0.269 e. The van der Waals surface area contributed by atoms with E-state index >= 15 is 0 Å². The second-order valence-corrected chi connectivity index (χ2v) is 5.59. The third-order valence-corrected chi connectivity index (χ3v) is 3.61. The van der Waals surface area contributed by atoms with Crippen LogP contribution >= 0.6 is 0 Å². The third kappa shape index (κ3) is 3.62. The van der Waals surface area contributed by atoms with Crippen LogP contribution < -0.4 is 0 Å². The van der Waals surface area contributed by atoms with Crippen LogP contribution in [0.15, 0.2) is 42.5 Å². The Morgan fingerprint density at radius 2 is 1.59 bits per heavy atom. The Balaban J connectivity index is 2.28. The maximum atomic E-state index is 11.3. The second kappa shape index (κ2) is 6.58. The van der Waals surface area contributed by atoms with Gasteiger partial charge in [-0.2, -0.15) is 0 Å². The Morgan fingerprint density at radius 1 is 1.05 bits per heavy atom. The first-order valence-electron chi connectivity index (χ1n) is 7.21. The van der Waals surface area contributed by atoms with E-state index in [1.165, 1.54) is 35.4 Å². The summed E-state index contributed by atoms with van der Waals surface area (Å²) in [5.74, 6) is -0.450. The van der Waals surface area contributed by atoms with Crippen LogP contribution in [0.2, 0.25) is 0 Å². The minimum Gasteiger partial charge on any atom is -0.286 e. The summed E-state index contributed by atoms with van der Waals surface area (Å²) >= 11 is 0. The van der Waals surface area contributed by atoms with Crippen molar-refractivity contribution < 1.29 is 10.0 Å². The number of hydrogen-bond donors (Lipinski definition) is 1. The van der Waals surface area contributed by atoms with Gasteiger partial charge in [0.1, 0.15) is 0 Å². The van der Waals surface area contributed by atoms with Gasteiger partial charge >= 0.3 is 0 Å². The molecule has 2 aromatic rings. The van der Waals surface area contributed by atoms with Gasteiger partial charge in [-0.1, -0.05) is 42.0 Å². The number of likely N-dealkylation sites (N-methyl/N-ethyl adjacent to an activating group) is 1. The van der Waals surface area contributed by atoms with Crippen LogP contribution in [-0.4, -0.2) is 23.2 Å². The monoisotopic (exact) mass is 295 g/mol. The molecule has 2 aromatic carbocycles. The molecule has 0 heterocycles. The molecule has 2 rings (SSSR count). The third-order valence-electron chi connectivity index (χ3n) is 3.61. The molecule has 0 saturated heterocycles. The minimum atomic E-state index is -0.450. The molecule has 0 unspecified atom stereocenters. The number of carbonyl (C=O) groups excluding carboxylic acids is 1. The molecule has 0 radical (unpaired) electrons. The van der Waals surface area contributed by atoms with Gasteiger partial charge in [0.25, 0.3) is 5.91 Å². The van der Waals surface area contributed by atoms with Crippen molar-refractivity contribution in [2.24, 2.45) is 0 Å². The first-order valence-corrected chi connectivity index (χ1v) is 7.21. The Kier molecular flexibility index (Phi) is 4.78. The van der Waals surface area contributed by atoms with Crippen molar-refractivity contribution in [2.45, 2.75) is 20.8 Å². The van der Waals surface area contributed by atoms with Crippen molar-refractivity contribution in [3.8, 4) is 11.1 Å². The smallest absolute Gasteiger partial charge is 0.269 e. The zero-order valence-electron chi connectivity index (χ0n) is 13.4.